The lowest BCUT2D eigenvalue weighted by atomic mass is 9.80. The molecule has 0 atom stereocenters. The number of hydrogen-bond donors (Lipinski definition) is 1. The fraction of sp³-hybridized carbons (Fsp3) is 0.444. The van der Waals surface area contributed by atoms with E-state index in [1.807, 2.05) is 13.8 Å². The Morgan fingerprint density at radius 3 is 2.29 bits per heavy atom. The Labute approximate surface area is 126 Å². The minimum atomic E-state index is 0.776. The molecule has 1 aliphatic carbocycles. The van der Waals surface area contributed by atoms with Crippen LogP contribution in [0.3, 0.4) is 0 Å². The lowest BCUT2D eigenvalue weighted by Crippen LogP contribution is -2.09. The van der Waals surface area contributed by atoms with Gasteiger partial charge in [-0.15, -0.1) is 0 Å². The fourth-order valence-electron chi connectivity index (χ4n) is 2.75. The monoisotopic (exact) mass is 281 g/mol. The van der Waals surface area contributed by atoms with Crippen molar-refractivity contribution in [2.24, 2.45) is 0 Å². The number of aromatic nitrogens is 2. The van der Waals surface area contributed by atoms with Crippen LogP contribution in [0.4, 0.5) is 5.82 Å². The van der Waals surface area contributed by atoms with Gasteiger partial charge in [0.1, 0.15) is 5.69 Å². The largest absolute Gasteiger partial charge is 0.369 e. The smallest absolute Gasteiger partial charge is 0.152 e. The summed E-state index contributed by atoms with van der Waals surface area (Å²) in [6.45, 7) is 6.96. The molecule has 0 radical (unpaired) electrons. The number of rotatable bonds is 4. The summed E-state index contributed by atoms with van der Waals surface area (Å²) in [5.41, 5.74) is 5.55. The van der Waals surface area contributed by atoms with Crippen LogP contribution in [-0.4, -0.2) is 16.5 Å². The summed E-state index contributed by atoms with van der Waals surface area (Å²) in [4.78, 5) is 9.40. The number of hydrogen-bond acceptors (Lipinski definition) is 3. The molecule has 3 heteroatoms. The number of anilines is 1. The van der Waals surface area contributed by atoms with Gasteiger partial charge in [-0.1, -0.05) is 30.7 Å². The maximum atomic E-state index is 4.75. The van der Waals surface area contributed by atoms with Crippen LogP contribution < -0.4 is 5.32 Å². The number of aryl methyl sites for hydroxylation is 2. The van der Waals surface area contributed by atoms with Crippen molar-refractivity contribution in [2.45, 2.75) is 46.0 Å². The molecular weight excluding hydrogens is 258 g/mol. The highest BCUT2D eigenvalue weighted by Crippen LogP contribution is 2.37. The van der Waals surface area contributed by atoms with Gasteiger partial charge < -0.3 is 5.32 Å². The zero-order valence-electron chi connectivity index (χ0n) is 13.1. The summed E-state index contributed by atoms with van der Waals surface area (Å²) >= 11 is 0. The highest BCUT2D eigenvalue weighted by Gasteiger charge is 2.19. The van der Waals surface area contributed by atoms with E-state index in [0.29, 0.717) is 0 Å². The molecule has 110 valence electrons. The number of nitrogens with zero attached hydrogens (tertiary/aromatic N) is 2. The van der Waals surface area contributed by atoms with E-state index in [9.17, 15) is 0 Å². The van der Waals surface area contributed by atoms with Crippen molar-refractivity contribution in [3.63, 3.8) is 0 Å². The summed E-state index contributed by atoms with van der Waals surface area (Å²) in [5, 5.41) is 3.33. The van der Waals surface area contributed by atoms with E-state index in [0.717, 1.165) is 40.9 Å². The molecule has 0 spiro atoms. The molecule has 1 saturated carbocycles. The molecule has 1 heterocycles. The van der Waals surface area contributed by atoms with Gasteiger partial charge in [0.2, 0.25) is 0 Å². The molecule has 1 fully saturated rings. The third-order valence-electron chi connectivity index (χ3n) is 4.41. The third-order valence-corrected chi connectivity index (χ3v) is 4.41. The first kappa shape index (κ1) is 14.1. The predicted molar refractivity (Wildman–Crippen MR) is 87.7 cm³/mol. The minimum absolute atomic E-state index is 0.776. The van der Waals surface area contributed by atoms with Crippen LogP contribution >= 0.6 is 0 Å². The van der Waals surface area contributed by atoms with Gasteiger partial charge in [-0.2, -0.15) is 0 Å². The lowest BCUT2D eigenvalue weighted by molar-refractivity contribution is 0.420. The quantitative estimate of drug-likeness (QED) is 0.899. The summed E-state index contributed by atoms with van der Waals surface area (Å²) < 4.78 is 0. The van der Waals surface area contributed by atoms with Crippen molar-refractivity contribution < 1.29 is 0 Å². The molecule has 1 aromatic heterocycles. The Morgan fingerprint density at radius 2 is 1.71 bits per heavy atom. The second kappa shape index (κ2) is 5.84. The van der Waals surface area contributed by atoms with Crippen molar-refractivity contribution in [3.8, 4) is 11.3 Å². The molecule has 3 nitrogen and oxygen atoms in total. The fourth-order valence-corrected chi connectivity index (χ4v) is 2.75. The van der Waals surface area contributed by atoms with Crippen LogP contribution in [-0.2, 0) is 0 Å². The van der Waals surface area contributed by atoms with Gasteiger partial charge in [-0.3, -0.25) is 0 Å². The normalized spacial score (nSPS) is 14.8. The van der Waals surface area contributed by atoms with E-state index in [1.54, 1.807) is 0 Å². The SMILES string of the molecule is CCNc1nc(C)c(C)nc1-c1ccc(C2CCC2)cc1. The van der Waals surface area contributed by atoms with Gasteiger partial charge in [0, 0.05) is 12.1 Å². The number of nitrogens with one attached hydrogen (secondary N) is 1. The van der Waals surface area contributed by atoms with E-state index < -0.39 is 0 Å². The van der Waals surface area contributed by atoms with Crippen LogP contribution in [0, 0.1) is 13.8 Å². The summed E-state index contributed by atoms with van der Waals surface area (Å²) in [6.07, 6.45) is 4.05. The predicted octanol–water partition coefficient (Wildman–Crippen LogP) is 4.46. The first-order valence-electron chi connectivity index (χ1n) is 7.88. The van der Waals surface area contributed by atoms with Crippen molar-refractivity contribution in [2.75, 3.05) is 11.9 Å². The van der Waals surface area contributed by atoms with Gasteiger partial charge in [-0.25, -0.2) is 9.97 Å². The van der Waals surface area contributed by atoms with Crippen molar-refractivity contribution in [1.82, 2.24) is 9.97 Å². The summed E-state index contributed by atoms with van der Waals surface area (Å²) in [6, 6.07) is 8.89. The van der Waals surface area contributed by atoms with Crippen LogP contribution in [0.25, 0.3) is 11.3 Å². The molecule has 0 bridgehead atoms. The van der Waals surface area contributed by atoms with Crippen LogP contribution in [0.2, 0.25) is 0 Å². The van der Waals surface area contributed by atoms with Gasteiger partial charge in [-0.05, 0) is 45.1 Å². The zero-order chi connectivity index (χ0) is 14.8. The molecule has 2 aromatic rings. The average Bonchev–Trinajstić information content (AvgIpc) is 2.42. The molecule has 0 saturated heterocycles. The van der Waals surface area contributed by atoms with E-state index in [2.05, 4.69) is 41.5 Å². The lowest BCUT2D eigenvalue weighted by Gasteiger charge is -2.25. The first-order chi connectivity index (χ1) is 10.2. The Kier molecular flexibility index (Phi) is 3.91. The van der Waals surface area contributed by atoms with Crippen molar-refractivity contribution in [1.29, 1.82) is 0 Å². The van der Waals surface area contributed by atoms with E-state index in [-0.39, 0.29) is 0 Å². The van der Waals surface area contributed by atoms with Crippen molar-refractivity contribution >= 4 is 5.82 Å². The maximum Gasteiger partial charge on any atom is 0.152 e. The van der Waals surface area contributed by atoms with Gasteiger partial charge in [0.15, 0.2) is 5.82 Å². The topological polar surface area (TPSA) is 37.8 Å². The third kappa shape index (κ3) is 2.78. The molecule has 1 aliphatic rings. The van der Waals surface area contributed by atoms with E-state index >= 15 is 0 Å². The maximum absolute atomic E-state index is 4.75. The molecule has 0 aliphatic heterocycles. The zero-order valence-corrected chi connectivity index (χ0v) is 13.1. The summed E-state index contributed by atoms with van der Waals surface area (Å²) in [7, 11) is 0. The highest BCUT2D eigenvalue weighted by molar-refractivity contribution is 5.72. The number of benzene rings is 1. The van der Waals surface area contributed by atoms with Crippen molar-refractivity contribution in [3.05, 3.63) is 41.2 Å². The van der Waals surface area contributed by atoms with Crippen LogP contribution in [0.5, 0.6) is 0 Å². The van der Waals surface area contributed by atoms with Crippen LogP contribution in [0.1, 0.15) is 49.1 Å². The standard InChI is InChI=1S/C18H23N3/c1-4-19-18-17(20-12(2)13(3)21-18)16-10-8-15(9-11-16)14-6-5-7-14/h8-11,14H,4-7H2,1-3H3,(H,19,21). The second-order valence-corrected chi connectivity index (χ2v) is 5.87. The van der Waals surface area contributed by atoms with Gasteiger partial charge in [0.05, 0.1) is 11.4 Å². The second-order valence-electron chi connectivity index (χ2n) is 5.87. The molecule has 3 rings (SSSR count). The average molecular weight is 281 g/mol. The Hall–Kier alpha value is -1.90. The summed E-state index contributed by atoms with van der Waals surface area (Å²) in [5.74, 6) is 1.66. The molecular formula is C18H23N3. The Morgan fingerprint density at radius 1 is 1.05 bits per heavy atom. The molecule has 0 unspecified atom stereocenters. The molecule has 0 amide bonds. The Balaban J connectivity index is 1.96. The molecule has 21 heavy (non-hydrogen) atoms. The van der Waals surface area contributed by atoms with E-state index in [1.165, 1.54) is 24.8 Å². The van der Waals surface area contributed by atoms with Crippen LogP contribution in [0.15, 0.2) is 24.3 Å². The minimum Gasteiger partial charge on any atom is -0.369 e. The molecule has 1 N–H and O–H groups in total. The van der Waals surface area contributed by atoms with E-state index in [4.69, 9.17) is 4.98 Å². The highest BCUT2D eigenvalue weighted by atomic mass is 15.0. The molecule has 1 aromatic carbocycles. The first-order valence-corrected chi connectivity index (χ1v) is 7.88. The van der Waals surface area contributed by atoms with Gasteiger partial charge in [0.25, 0.3) is 0 Å². The Bertz CT molecular complexity index is 628. The van der Waals surface area contributed by atoms with Gasteiger partial charge >= 0.3 is 0 Å².